The van der Waals surface area contributed by atoms with Crippen LogP contribution in [-0.4, -0.2) is 23.0 Å². The number of nitrogens with one attached hydrogen (secondary N) is 1. The molecule has 1 rings (SSSR count). The summed E-state index contributed by atoms with van der Waals surface area (Å²) < 4.78 is 0. The van der Waals surface area contributed by atoms with E-state index in [4.69, 9.17) is 5.11 Å². The lowest BCUT2D eigenvalue weighted by atomic mass is 10.1. The number of aliphatic carboxylic acids is 1. The van der Waals surface area contributed by atoms with Crippen LogP contribution in [0.25, 0.3) is 0 Å². The molecule has 0 radical (unpaired) electrons. The van der Waals surface area contributed by atoms with E-state index < -0.39 is 12.0 Å². The molecule has 0 aliphatic carbocycles. The fourth-order valence-corrected chi connectivity index (χ4v) is 1.28. The molecule has 1 atom stereocenters. The number of amides is 1. The van der Waals surface area contributed by atoms with Crippen LogP contribution in [0.1, 0.15) is 29.3 Å². The van der Waals surface area contributed by atoms with Crippen molar-refractivity contribution in [3.05, 3.63) is 35.4 Å². The molecule has 0 aromatic heterocycles. The van der Waals surface area contributed by atoms with Gasteiger partial charge in [0.2, 0.25) is 0 Å². The SMILES string of the molecule is CC[C@@H](NC(=O)c1ccc(C)cc1)C(=O)O. The summed E-state index contributed by atoms with van der Waals surface area (Å²) in [6, 6.07) is 6.17. The molecule has 1 aromatic carbocycles. The van der Waals surface area contributed by atoms with E-state index >= 15 is 0 Å². The number of hydrogen-bond acceptors (Lipinski definition) is 2. The van der Waals surface area contributed by atoms with Gasteiger partial charge in [0, 0.05) is 5.56 Å². The van der Waals surface area contributed by atoms with Gasteiger partial charge < -0.3 is 10.4 Å². The normalized spacial score (nSPS) is 11.9. The molecule has 4 heteroatoms. The molecule has 0 aliphatic rings. The average Bonchev–Trinajstić information content (AvgIpc) is 2.26. The van der Waals surface area contributed by atoms with Gasteiger partial charge in [-0.05, 0) is 25.5 Å². The summed E-state index contributed by atoms with van der Waals surface area (Å²) in [5.74, 6) is -1.36. The van der Waals surface area contributed by atoms with Crippen LogP contribution in [0.5, 0.6) is 0 Å². The van der Waals surface area contributed by atoms with Crippen molar-refractivity contribution in [2.75, 3.05) is 0 Å². The summed E-state index contributed by atoms with van der Waals surface area (Å²) in [6.45, 7) is 3.64. The van der Waals surface area contributed by atoms with Crippen LogP contribution in [0.15, 0.2) is 24.3 Å². The lowest BCUT2D eigenvalue weighted by Crippen LogP contribution is -2.40. The molecule has 0 saturated carbocycles. The Hall–Kier alpha value is -1.84. The third-order valence-electron chi connectivity index (χ3n) is 2.33. The zero-order valence-electron chi connectivity index (χ0n) is 9.36. The summed E-state index contributed by atoms with van der Waals surface area (Å²) >= 11 is 0. The first-order valence-electron chi connectivity index (χ1n) is 5.15. The van der Waals surface area contributed by atoms with Gasteiger partial charge in [-0.25, -0.2) is 4.79 Å². The predicted octanol–water partition coefficient (Wildman–Crippen LogP) is 1.59. The Balaban J connectivity index is 2.71. The van der Waals surface area contributed by atoms with Crippen molar-refractivity contribution in [3.8, 4) is 0 Å². The highest BCUT2D eigenvalue weighted by Gasteiger charge is 2.17. The zero-order chi connectivity index (χ0) is 12.1. The van der Waals surface area contributed by atoms with E-state index in [1.165, 1.54) is 0 Å². The van der Waals surface area contributed by atoms with Gasteiger partial charge in [-0.15, -0.1) is 0 Å². The lowest BCUT2D eigenvalue weighted by Gasteiger charge is -2.12. The zero-order valence-corrected chi connectivity index (χ0v) is 9.36. The summed E-state index contributed by atoms with van der Waals surface area (Å²) in [5, 5.41) is 11.3. The van der Waals surface area contributed by atoms with Gasteiger partial charge in [0.25, 0.3) is 5.91 Å². The number of carbonyl (C=O) groups excluding carboxylic acids is 1. The van der Waals surface area contributed by atoms with E-state index in [2.05, 4.69) is 5.32 Å². The molecule has 0 unspecified atom stereocenters. The Labute approximate surface area is 94.3 Å². The Kier molecular flexibility index (Phi) is 4.05. The molecular formula is C12H15NO3. The molecule has 0 heterocycles. The molecule has 2 N–H and O–H groups in total. The number of aryl methyl sites for hydroxylation is 1. The highest BCUT2D eigenvalue weighted by Crippen LogP contribution is 2.04. The molecule has 0 aliphatic heterocycles. The molecule has 86 valence electrons. The van der Waals surface area contributed by atoms with E-state index in [1.807, 2.05) is 19.1 Å². The largest absolute Gasteiger partial charge is 0.480 e. The van der Waals surface area contributed by atoms with Crippen LogP contribution in [0.2, 0.25) is 0 Å². The van der Waals surface area contributed by atoms with Crippen molar-refractivity contribution < 1.29 is 14.7 Å². The lowest BCUT2D eigenvalue weighted by molar-refractivity contribution is -0.139. The van der Waals surface area contributed by atoms with Crippen LogP contribution < -0.4 is 5.32 Å². The summed E-state index contributed by atoms with van der Waals surface area (Å²) in [5.41, 5.74) is 1.53. The van der Waals surface area contributed by atoms with Crippen LogP contribution >= 0.6 is 0 Å². The van der Waals surface area contributed by atoms with Crippen molar-refractivity contribution in [1.82, 2.24) is 5.32 Å². The molecule has 0 bridgehead atoms. The second-order valence-electron chi connectivity index (χ2n) is 3.64. The van der Waals surface area contributed by atoms with Crippen molar-refractivity contribution in [2.24, 2.45) is 0 Å². The molecule has 0 saturated heterocycles. The first kappa shape index (κ1) is 12.2. The third-order valence-corrected chi connectivity index (χ3v) is 2.33. The van der Waals surface area contributed by atoms with Gasteiger partial charge in [-0.3, -0.25) is 4.79 Å². The summed E-state index contributed by atoms with van der Waals surface area (Å²) in [7, 11) is 0. The topological polar surface area (TPSA) is 66.4 Å². The monoisotopic (exact) mass is 221 g/mol. The van der Waals surface area contributed by atoms with Crippen LogP contribution in [0.4, 0.5) is 0 Å². The Morgan fingerprint density at radius 3 is 2.31 bits per heavy atom. The maximum Gasteiger partial charge on any atom is 0.326 e. The van der Waals surface area contributed by atoms with Crippen LogP contribution in [0, 0.1) is 6.92 Å². The maximum atomic E-state index is 11.7. The number of rotatable bonds is 4. The van der Waals surface area contributed by atoms with Gasteiger partial charge in [0.15, 0.2) is 0 Å². The number of benzene rings is 1. The van der Waals surface area contributed by atoms with Gasteiger partial charge >= 0.3 is 5.97 Å². The van der Waals surface area contributed by atoms with Crippen molar-refractivity contribution in [3.63, 3.8) is 0 Å². The molecule has 16 heavy (non-hydrogen) atoms. The third kappa shape index (κ3) is 3.08. The Morgan fingerprint density at radius 2 is 1.88 bits per heavy atom. The number of carbonyl (C=O) groups is 2. The van der Waals surface area contributed by atoms with Gasteiger partial charge in [0.1, 0.15) is 6.04 Å². The molecule has 1 amide bonds. The van der Waals surface area contributed by atoms with Crippen LogP contribution in [-0.2, 0) is 4.79 Å². The average molecular weight is 221 g/mol. The number of hydrogen-bond donors (Lipinski definition) is 2. The Morgan fingerprint density at radius 1 is 1.31 bits per heavy atom. The smallest absolute Gasteiger partial charge is 0.326 e. The minimum Gasteiger partial charge on any atom is -0.480 e. The highest BCUT2D eigenvalue weighted by molar-refractivity contribution is 5.96. The second kappa shape index (κ2) is 5.30. The van der Waals surface area contributed by atoms with Crippen LogP contribution in [0.3, 0.4) is 0 Å². The van der Waals surface area contributed by atoms with Gasteiger partial charge in [-0.2, -0.15) is 0 Å². The van der Waals surface area contributed by atoms with E-state index in [0.29, 0.717) is 12.0 Å². The summed E-state index contributed by atoms with van der Waals surface area (Å²) in [6.07, 6.45) is 0.368. The first-order chi connectivity index (χ1) is 7.54. The molecule has 0 fully saturated rings. The fourth-order valence-electron chi connectivity index (χ4n) is 1.28. The fraction of sp³-hybridized carbons (Fsp3) is 0.333. The maximum absolute atomic E-state index is 11.7. The van der Waals surface area contributed by atoms with E-state index in [9.17, 15) is 9.59 Å². The quantitative estimate of drug-likeness (QED) is 0.811. The molecule has 0 spiro atoms. The van der Waals surface area contributed by atoms with Crippen molar-refractivity contribution in [1.29, 1.82) is 0 Å². The predicted molar refractivity (Wildman–Crippen MR) is 60.4 cm³/mol. The summed E-state index contributed by atoms with van der Waals surface area (Å²) in [4.78, 5) is 22.4. The van der Waals surface area contributed by atoms with Gasteiger partial charge in [0.05, 0.1) is 0 Å². The van der Waals surface area contributed by atoms with Crippen molar-refractivity contribution >= 4 is 11.9 Å². The van der Waals surface area contributed by atoms with E-state index in [0.717, 1.165) is 5.56 Å². The molecule has 1 aromatic rings. The van der Waals surface area contributed by atoms with Crippen molar-refractivity contribution in [2.45, 2.75) is 26.3 Å². The molecule has 4 nitrogen and oxygen atoms in total. The minimum absolute atomic E-state index is 0.353. The second-order valence-corrected chi connectivity index (χ2v) is 3.64. The molecular weight excluding hydrogens is 206 g/mol. The number of carboxylic acids is 1. The van der Waals surface area contributed by atoms with E-state index in [-0.39, 0.29) is 5.91 Å². The van der Waals surface area contributed by atoms with E-state index in [1.54, 1.807) is 19.1 Å². The Bertz CT molecular complexity index is 384. The number of carboxylic acid groups (broad SMARTS) is 1. The minimum atomic E-state index is -1.01. The standard InChI is InChI=1S/C12H15NO3/c1-3-10(12(15)16)13-11(14)9-6-4-8(2)5-7-9/h4-7,10H,3H2,1-2H3,(H,13,14)(H,15,16)/t10-/m1/s1. The first-order valence-corrected chi connectivity index (χ1v) is 5.15. The highest BCUT2D eigenvalue weighted by atomic mass is 16.4. The van der Waals surface area contributed by atoms with Gasteiger partial charge in [-0.1, -0.05) is 24.6 Å².